The number of nitrogens with two attached hydrogens (primary N) is 1. The first-order valence-corrected chi connectivity index (χ1v) is 6.55. The normalized spacial score (nSPS) is 19.0. The van der Waals surface area contributed by atoms with E-state index in [0.717, 1.165) is 18.4 Å². The first kappa shape index (κ1) is 14.3. The van der Waals surface area contributed by atoms with Gasteiger partial charge in [-0.1, -0.05) is 13.0 Å². The minimum atomic E-state index is -0.487. The molecule has 1 atom stereocenters. The summed E-state index contributed by atoms with van der Waals surface area (Å²) in [4.78, 5) is 24.3. The van der Waals surface area contributed by atoms with Crippen molar-refractivity contribution >= 4 is 17.3 Å². The van der Waals surface area contributed by atoms with E-state index in [2.05, 4.69) is 5.43 Å². The van der Waals surface area contributed by atoms with Crippen molar-refractivity contribution in [1.29, 1.82) is 0 Å². The molecule has 1 aromatic rings. The molecule has 7 heteroatoms. The zero-order chi connectivity index (χ0) is 14.7. The summed E-state index contributed by atoms with van der Waals surface area (Å²) in [6.45, 7) is 3.01. The molecule has 0 saturated carbocycles. The number of carbonyl (C=O) groups is 1. The van der Waals surface area contributed by atoms with Crippen LogP contribution in [-0.2, 0) is 11.3 Å². The maximum absolute atomic E-state index is 12.0. The van der Waals surface area contributed by atoms with Crippen molar-refractivity contribution in [3.63, 3.8) is 0 Å². The fraction of sp³-hybridized carbons (Fsp3) is 0.462. The summed E-state index contributed by atoms with van der Waals surface area (Å²) in [5, 5.41) is 11.0. The Morgan fingerprint density at radius 2 is 2.30 bits per heavy atom. The van der Waals surface area contributed by atoms with Gasteiger partial charge >= 0.3 is 0 Å². The molecule has 0 bridgehead atoms. The van der Waals surface area contributed by atoms with E-state index in [1.807, 2.05) is 6.92 Å². The van der Waals surface area contributed by atoms with E-state index < -0.39 is 4.92 Å². The van der Waals surface area contributed by atoms with Crippen LogP contribution < -0.4 is 11.3 Å². The largest absolute Gasteiger partial charge is 0.338 e. The molecule has 1 saturated heterocycles. The van der Waals surface area contributed by atoms with Crippen molar-refractivity contribution in [3.8, 4) is 0 Å². The SMILES string of the molecule is CC1CCCN(Cc2ccc(NN)c([N+](=O)[O-])c2)C1=O. The van der Waals surface area contributed by atoms with E-state index in [1.165, 1.54) is 6.07 Å². The van der Waals surface area contributed by atoms with Crippen molar-refractivity contribution in [3.05, 3.63) is 33.9 Å². The molecule has 0 aromatic heterocycles. The van der Waals surface area contributed by atoms with Crippen molar-refractivity contribution in [2.24, 2.45) is 11.8 Å². The maximum Gasteiger partial charge on any atom is 0.293 e. The molecule has 108 valence electrons. The van der Waals surface area contributed by atoms with Crippen LogP contribution in [0.2, 0.25) is 0 Å². The molecular weight excluding hydrogens is 260 g/mol. The van der Waals surface area contributed by atoms with Gasteiger partial charge in [-0.05, 0) is 24.5 Å². The van der Waals surface area contributed by atoms with Crippen LogP contribution in [0.5, 0.6) is 0 Å². The number of nitrogens with zero attached hydrogens (tertiary/aromatic N) is 2. The van der Waals surface area contributed by atoms with Gasteiger partial charge in [0.1, 0.15) is 5.69 Å². The van der Waals surface area contributed by atoms with E-state index >= 15 is 0 Å². The lowest BCUT2D eigenvalue weighted by molar-refractivity contribution is -0.384. The highest BCUT2D eigenvalue weighted by molar-refractivity contribution is 5.79. The number of nitro benzene ring substituents is 1. The monoisotopic (exact) mass is 278 g/mol. The summed E-state index contributed by atoms with van der Waals surface area (Å²) in [6.07, 6.45) is 1.88. The summed E-state index contributed by atoms with van der Waals surface area (Å²) < 4.78 is 0. The van der Waals surface area contributed by atoms with Crippen molar-refractivity contribution in [1.82, 2.24) is 4.90 Å². The Hall–Kier alpha value is -2.15. The van der Waals surface area contributed by atoms with E-state index in [9.17, 15) is 14.9 Å². The highest BCUT2D eigenvalue weighted by Crippen LogP contribution is 2.26. The van der Waals surface area contributed by atoms with Crippen molar-refractivity contribution < 1.29 is 9.72 Å². The van der Waals surface area contributed by atoms with E-state index in [0.29, 0.717) is 13.1 Å². The molecule has 1 aliphatic heterocycles. The zero-order valence-corrected chi connectivity index (χ0v) is 11.3. The molecule has 1 aliphatic rings. The molecule has 1 fully saturated rings. The molecule has 1 aromatic carbocycles. The summed E-state index contributed by atoms with van der Waals surface area (Å²) in [7, 11) is 0. The summed E-state index contributed by atoms with van der Waals surface area (Å²) in [6, 6.07) is 4.77. The van der Waals surface area contributed by atoms with Gasteiger partial charge in [0.15, 0.2) is 0 Å². The van der Waals surface area contributed by atoms with Crippen LogP contribution in [0.4, 0.5) is 11.4 Å². The number of likely N-dealkylation sites (tertiary alicyclic amines) is 1. The minimum absolute atomic E-state index is 0.0312. The predicted octanol–water partition coefficient (Wildman–Crippen LogP) is 1.64. The number of benzene rings is 1. The van der Waals surface area contributed by atoms with Gasteiger partial charge in [-0.25, -0.2) is 0 Å². The Balaban J connectivity index is 2.19. The highest BCUT2D eigenvalue weighted by Gasteiger charge is 2.25. The standard InChI is InChI=1S/C13H18N4O3/c1-9-3-2-6-16(13(9)18)8-10-4-5-11(15-14)12(7-10)17(19)20/h4-5,7,9,15H,2-3,6,8,14H2,1H3. The lowest BCUT2D eigenvalue weighted by atomic mass is 9.98. The van der Waals surface area contributed by atoms with Crippen LogP contribution >= 0.6 is 0 Å². The molecule has 2 rings (SSSR count). The van der Waals surface area contributed by atoms with Gasteiger partial charge in [0.25, 0.3) is 5.69 Å². The number of hydrogen-bond donors (Lipinski definition) is 2. The molecule has 1 amide bonds. The Morgan fingerprint density at radius 1 is 1.55 bits per heavy atom. The smallest absolute Gasteiger partial charge is 0.293 e. The Kier molecular flexibility index (Phi) is 4.19. The zero-order valence-electron chi connectivity index (χ0n) is 11.3. The number of amides is 1. The number of nitrogens with one attached hydrogen (secondary N) is 1. The van der Waals surface area contributed by atoms with E-state index in [1.54, 1.807) is 17.0 Å². The molecule has 0 radical (unpaired) electrons. The lowest BCUT2D eigenvalue weighted by Gasteiger charge is -2.30. The number of carbonyl (C=O) groups excluding carboxylic acids is 1. The van der Waals surface area contributed by atoms with Gasteiger partial charge in [-0.15, -0.1) is 0 Å². The summed E-state index contributed by atoms with van der Waals surface area (Å²) >= 11 is 0. The highest BCUT2D eigenvalue weighted by atomic mass is 16.6. The topological polar surface area (TPSA) is 102 Å². The number of piperidine rings is 1. The van der Waals surface area contributed by atoms with E-state index in [-0.39, 0.29) is 23.2 Å². The number of anilines is 1. The Morgan fingerprint density at radius 3 is 2.95 bits per heavy atom. The molecule has 1 heterocycles. The molecule has 20 heavy (non-hydrogen) atoms. The van der Waals surface area contributed by atoms with Gasteiger partial charge in [-0.3, -0.25) is 20.8 Å². The first-order chi connectivity index (χ1) is 9.52. The summed E-state index contributed by atoms with van der Waals surface area (Å²) in [5.41, 5.74) is 3.22. The van der Waals surface area contributed by atoms with Crippen LogP contribution in [0.25, 0.3) is 0 Å². The third kappa shape index (κ3) is 2.88. The maximum atomic E-state index is 12.0. The molecular formula is C13H18N4O3. The number of nitrogen functional groups attached to an aromatic ring is 1. The van der Waals surface area contributed by atoms with Crippen molar-refractivity contribution in [2.45, 2.75) is 26.3 Å². The minimum Gasteiger partial charge on any atom is -0.338 e. The van der Waals surface area contributed by atoms with Gasteiger partial charge < -0.3 is 10.3 Å². The van der Waals surface area contributed by atoms with Crippen LogP contribution in [0.3, 0.4) is 0 Å². The number of hydrogen-bond acceptors (Lipinski definition) is 5. The predicted molar refractivity (Wildman–Crippen MR) is 74.7 cm³/mol. The molecule has 7 nitrogen and oxygen atoms in total. The van der Waals surface area contributed by atoms with E-state index in [4.69, 9.17) is 5.84 Å². The fourth-order valence-electron chi connectivity index (χ4n) is 2.46. The molecule has 0 spiro atoms. The summed E-state index contributed by atoms with van der Waals surface area (Å²) in [5.74, 6) is 5.39. The molecule has 0 aliphatic carbocycles. The van der Waals surface area contributed by atoms with Crippen LogP contribution in [0.15, 0.2) is 18.2 Å². The number of hydrazine groups is 1. The fourth-order valence-corrected chi connectivity index (χ4v) is 2.46. The van der Waals surface area contributed by atoms with Gasteiger partial charge in [0, 0.05) is 25.1 Å². The third-order valence-corrected chi connectivity index (χ3v) is 3.59. The number of rotatable bonds is 4. The quantitative estimate of drug-likeness (QED) is 0.495. The first-order valence-electron chi connectivity index (χ1n) is 6.55. The second kappa shape index (κ2) is 5.87. The average Bonchev–Trinajstić information content (AvgIpc) is 2.43. The Labute approximate surface area is 116 Å². The Bertz CT molecular complexity index is 532. The van der Waals surface area contributed by atoms with Gasteiger partial charge in [0.05, 0.1) is 4.92 Å². The van der Waals surface area contributed by atoms with Gasteiger partial charge in [0.2, 0.25) is 5.91 Å². The molecule has 3 N–H and O–H groups in total. The molecule has 1 unspecified atom stereocenters. The van der Waals surface area contributed by atoms with Gasteiger partial charge in [-0.2, -0.15) is 0 Å². The second-order valence-corrected chi connectivity index (χ2v) is 5.06. The third-order valence-electron chi connectivity index (χ3n) is 3.59. The van der Waals surface area contributed by atoms with Crippen LogP contribution in [-0.4, -0.2) is 22.3 Å². The van der Waals surface area contributed by atoms with Crippen LogP contribution in [0, 0.1) is 16.0 Å². The lowest BCUT2D eigenvalue weighted by Crippen LogP contribution is -2.39. The average molecular weight is 278 g/mol. The second-order valence-electron chi connectivity index (χ2n) is 5.06. The van der Waals surface area contributed by atoms with Crippen molar-refractivity contribution in [2.75, 3.05) is 12.0 Å². The number of nitro groups is 1. The van der Waals surface area contributed by atoms with Crippen LogP contribution in [0.1, 0.15) is 25.3 Å².